The Morgan fingerprint density at radius 1 is 0.812 bits per heavy atom. The highest BCUT2D eigenvalue weighted by atomic mass is 16.5. The minimum Gasteiger partial charge on any atom is -0.454 e. The lowest BCUT2D eigenvalue weighted by Crippen LogP contribution is -2.15. The first-order valence-corrected chi connectivity index (χ1v) is 10.6. The third-order valence-electron chi connectivity index (χ3n) is 5.77. The normalized spacial score (nSPS) is 10.9. The summed E-state index contributed by atoms with van der Waals surface area (Å²) < 4.78 is 5.46. The first-order valence-electron chi connectivity index (χ1n) is 10.6. The Morgan fingerprint density at radius 2 is 1.56 bits per heavy atom. The van der Waals surface area contributed by atoms with Gasteiger partial charge in [-0.2, -0.15) is 0 Å². The minimum atomic E-state index is -0.534. The van der Waals surface area contributed by atoms with Gasteiger partial charge in [0.05, 0.1) is 16.8 Å². The molecule has 160 valence electrons. The van der Waals surface area contributed by atoms with E-state index >= 15 is 0 Å². The van der Waals surface area contributed by atoms with Crippen molar-refractivity contribution in [2.75, 3.05) is 6.61 Å². The molecule has 0 bridgehead atoms. The highest BCUT2D eigenvalue weighted by Crippen LogP contribution is 2.27. The van der Waals surface area contributed by atoms with Crippen LogP contribution in [0.5, 0.6) is 0 Å². The van der Waals surface area contributed by atoms with Crippen LogP contribution in [0.2, 0.25) is 0 Å². The number of rotatable bonds is 5. The number of carbonyl (C=O) groups excluding carboxylic acids is 2. The molecule has 1 heterocycles. The van der Waals surface area contributed by atoms with E-state index in [2.05, 4.69) is 0 Å². The molecule has 0 N–H and O–H groups in total. The van der Waals surface area contributed by atoms with E-state index in [-0.39, 0.29) is 12.4 Å². The molecule has 4 nitrogen and oxygen atoms in total. The topological polar surface area (TPSA) is 56.3 Å². The number of ketones is 1. The molecule has 0 unspecified atom stereocenters. The summed E-state index contributed by atoms with van der Waals surface area (Å²) in [4.78, 5) is 30.5. The molecule has 32 heavy (non-hydrogen) atoms. The average molecular weight is 424 g/mol. The number of ether oxygens (including phenoxy) is 1. The predicted molar refractivity (Wildman–Crippen MR) is 127 cm³/mol. The molecule has 0 spiro atoms. The molecule has 0 fully saturated rings. The minimum absolute atomic E-state index is 0.227. The van der Waals surface area contributed by atoms with Crippen molar-refractivity contribution < 1.29 is 14.3 Å². The fraction of sp³-hybridized carbons (Fsp3) is 0.179. The van der Waals surface area contributed by atoms with E-state index in [1.54, 1.807) is 12.1 Å². The molecule has 0 amide bonds. The van der Waals surface area contributed by atoms with Crippen molar-refractivity contribution >= 4 is 22.7 Å². The number of pyridine rings is 1. The molecular formula is C28H25NO3. The predicted octanol–water partition coefficient (Wildman–Crippen LogP) is 6.18. The van der Waals surface area contributed by atoms with E-state index in [9.17, 15) is 9.59 Å². The first kappa shape index (κ1) is 21.4. The van der Waals surface area contributed by atoms with Crippen molar-refractivity contribution in [2.45, 2.75) is 27.7 Å². The summed E-state index contributed by atoms with van der Waals surface area (Å²) in [6, 6.07) is 20.9. The van der Waals surface area contributed by atoms with Gasteiger partial charge in [-0.25, -0.2) is 9.78 Å². The number of fused-ring (bicyclic) bond motifs is 1. The Bertz CT molecular complexity index is 1340. The van der Waals surface area contributed by atoms with Crippen LogP contribution in [0.3, 0.4) is 0 Å². The van der Waals surface area contributed by atoms with Crippen molar-refractivity contribution in [1.82, 2.24) is 4.98 Å². The molecular weight excluding hydrogens is 398 g/mol. The third-order valence-corrected chi connectivity index (χ3v) is 5.77. The Balaban J connectivity index is 1.66. The summed E-state index contributed by atoms with van der Waals surface area (Å²) in [5.41, 5.74) is 7.56. The molecule has 0 aliphatic carbocycles. The number of hydrogen-bond donors (Lipinski definition) is 0. The zero-order valence-corrected chi connectivity index (χ0v) is 18.7. The van der Waals surface area contributed by atoms with Gasteiger partial charge in [-0.1, -0.05) is 60.2 Å². The average Bonchev–Trinajstić information content (AvgIpc) is 2.79. The second-order valence-electron chi connectivity index (χ2n) is 8.19. The van der Waals surface area contributed by atoms with Crippen LogP contribution in [-0.2, 0) is 4.74 Å². The molecule has 0 saturated heterocycles. The molecule has 4 heteroatoms. The van der Waals surface area contributed by atoms with Crippen LogP contribution < -0.4 is 0 Å². The molecule has 0 aliphatic rings. The SMILES string of the molecule is Cc1ccc(-c2cc(C(=O)OCC(=O)c3ccc(C)c(C)c3)c3cccc(C)c3n2)cc1. The monoisotopic (exact) mass is 423 g/mol. The highest BCUT2D eigenvalue weighted by Gasteiger charge is 2.18. The second kappa shape index (κ2) is 8.75. The summed E-state index contributed by atoms with van der Waals surface area (Å²) in [6.07, 6.45) is 0. The van der Waals surface area contributed by atoms with E-state index in [0.29, 0.717) is 22.2 Å². The number of esters is 1. The molecule has 0 atom stereocenters. The van der Waals surface area contributed by atoms with Crippen molar-refractivity contribution in [3.05, 3.63) is 100 Å². The lowest BCUT2D eigenvalue weighted by molar-refractivity contribution is 0.0476. The van der Waals surface area contributed by atoms with E-state index in [1.165, 1.54) is 0 Å². The fourth-order valence-corrected chi connectivity index (χ4v) is 3.64. The number of aromatic nitrogens is 1. The van der Waals surface area contributed by atoms with E-state index in [0.717, 1.165) is 33.3 Å². The van der Waals surface area contributed by atoms with Crippen LogP contribution in [0, 0.1) is 27.7 Å². The van der Waals surface area contributed by atoms with Gasteiger partial charge < -0.3 is 4.74 Å². The Kier molecular flexibility index (Phi) is 5.87. The van der Waals surface area contributed by atoms with E-state index < -0.39 is 5.97 Å². The molecule has 4 aromatic rings. The number of benzene rings is 3. The van der Waals surface area contributed by atoms with Gasteiger partial charge >= 0.3 is 5.97 Å². The van der Waals surface area contributed by atoms with Crippen LogP contribution in [0.4, 0.5) is 0 Å². The summed E-state index contributed by atoms with van der Waals surface area (Å²) >= 11 is 0. The summed E-state index contributed by atoms with van der Waals surface area (Å²) in [5, 5.41) is 0.712. The number of aryl methyl sites for hydroxylation is 4. The zero-order valence-electron chi connectivity index (χ0n) is 18.7. The maximum absolute atomic E-state index is 13.1. The quantitative estimate of drug-likeness (QED) is 0.284. The van der Waals surface area contributed by atoms with Crippen LogP contribution in [0.1, 0.15) is 43.0 Å². The maximum Gasteiger partial charge on any atom is 0.339 e. The Labute approximate surface area is 187 Å². The van der Waals surface area contributed by atoms with Crippen molar-refractivity contribution in [3.8, 4) is 11.3 Å². The second-order valence-corrected chi connectivity index (χ2v) is 8.19. The number of nitrogens with zero attached hydrogens (tertiary/aromatic N) is 1. The first-order chi connectivity index (χ1) is 15.3. The number of hydrogen-bond acceptors (Lipinski definition) is 4. The van der Waals surface area contributed by atoms with Crippen LogP contribution >= 0.6 is 0 Å². The molecule has 4 rings (SSSR count). The Hall–Kier alpha value is -3.79. The van der Waals surface area contributed by atoms with Crippen molar-refractivity contribution in [2.24, 2.45) is 0 Å². The largest absolute Gasteiger partial charge is 0.454 e. The lowest BCUT2D eigenvalue weighted by Gasteiger charge is -2.12. The number of para-hydroxylation sites is 1. The van der Waals surface area contributed by atoms with Crippen molar-refractivity contribution in [3.63, 3.8) is 0 Å². The molecule has 0 radical (unpaired) electrons. The van der Waals surface area contributed by atoms with Gasteiger partial charge in [-0.3, -0.25) is 4.79 Å². The Morgan fingerprint density at radius 3 is 2.28 bits per heavy atom. The number of Topliss-reactive ketones (excluding diaryl/α,β-unsaturated/α-hetero) is 1. The summed E-state index contributed by atoms with van der Waals surface area (Å²) in [7, 11) is 0. The van der Waals surface area contributed by atoms with Crippen molar-refractivity contribution in [1.29, 1.82) is 0 Å². The summed E-state index contributed by atoms with van der Waals surface area (Å²) in [5.74, 6) is -0.761. The van der Waals surface area contributed by atoms with E-state index in [4.69, 9.17) is 9.72 Å². The standard InChI is InChI=1S/C28H25NO3/c1-17-8-11-21(12-9-17)25-15-24(23-7-5-6-19(3)27(23)29-25)28(31)32-16-26(30)22-13-10-18(2)20(4)14-22/h5-15H,16H2,1-4H3. The lowest BCUT2D eigenvalue weighted by atomic mass is 10.0. The fourth-order valence-electron chi connectivity index (χ4n) is 3.64. The van der Waals surface area contributed by atoms with E-state index in [1.807, 2.05) is 82.3 Å². The van der Waals surface area contributed by atoms with Gasteiger partial charge in [-0.05, 0) is 56.5 Å². The third kappa shape index (κ3) is 4.30. The summed E-state index contributed by atoms with van der Waals surface area (Å²) in [6.45, 7) is 7.63. The molecule has 0 saturated carbocycles. The molecule has 3 aromatic carbocycles. The van der Waals surface area contributed by atoms with Gasteiger partial charge in [0.25, 0.3) is 0 Å². The van der Waals surface area contributed by atoms with Gasteiger partial charge in [-0.15, -0.1) is 0 Å². The van der Waals surface area contributed by atoms with Crippen LogP contribution in [-0.4, -0.2) is 23.3 Å². The smallest absolute Gasteiger partial charge is 0.339 e. The van der Waals surface area contributed by atoms with Gasteiger partial charge in [0.1, 0.15) is 0 Å². The van der Waals surface area contributed by atoms with Gasteiger partial charge in [0.2, 0.25) is 0 Å². The maximum atomic E-state index is 13.1. The van der Waals surface area contributed by atoms with Gasteiger partial charge in [0.15, 0.2) is 12.4 Å². The zero-order chi connectivity index (χ0) is 22.8. The van der Waals surface area contributed by atoms with Crippen LogP contribution in [0.25, 0.3) is 22.2 Å². The highest BCUT2D eigenvalue weighted by molar-refractivity contribution is 6.06. The number of carbonyl (C=O) groups is 2. The van der Waals surface area contributed by atoms with Gasteiger partial charge in [0, 0.05) is 16.5 Å². The molecule has 0 aliphatic heterocycles. The van der Waals surface area contributed by atoms with Crippen LogP contribution in [0.15, 0.2) is 66.7 Å². The molecule has 1 aromatic heterocycles.